The van der Waals surface area contributed by atoms with Crippen LogP contribution in [0.5, 0.6) is 0 Å². The number of hydrogen-bond donors (Lipinski definition) is 2. The topological polar surface area (TPSA) is 102 Å². The van der Waals surface area contributed by atoms with E-state index in [9.17, 15) is 19.2 Å². The van der Waals surface area contributed by atoms with Crippen LogP contribution in [0.4, 0.5) is 10.5 Å². The molecule has 1 aliphatic rings. The van der Waals surface area contributed by atoms with Gasteiger partial charge in [-0.15, -0.1) is 0 Å². The number of carbonyl (C=O) groups excluding carboxylic acids is 4. The van der Waals surface area contributed by atoms with Crippen molar-refractivity contribution in [1.29, 1.82) is 0 Å². The van der Waals surface area contributed by atoms with Gasteiger partial charge >= 0.3 is 6.09 Å². The summed E-state index contributed by atoms with van der Waals surface area (Å²) in [5, 5.41) is 4.40. The molecule has 3 rings (SSSR count). The van der Waals surface area contributed by atoms with Crippen molar-refractivity contribution in [3.05, 3.63) is 65.2 Å². The number of benzene rings is 2. The first-order chi connectivity index (χ1) is 11.5. The van der Waals surface area contributed by atoms with Crippen LogP contribution in [0.1, 0.15) is 26.3 Å². The van der Waals surface area contributed by atoms with Gasteiger partial charge in [-0.1, -0.05) is 30.3 Å². The van der Waals surface area contributed by atoms with Gasteiger partial charge in [0.2, 0.25) is 0 Å². The van der Waals surface area contributed by atoms with Crippen LogP contribution >= 0.6 is 0 Å². The number of ketones is 1. The van der Waals surface area contributed by atoms with Crippen molar-refractivity contribution in [3.63, 3.8) is 0 Å². The van der Waals surface area contributed by atoms with Crippen molar-refractivity contribution in [2.24, 2.45) is 0 Å². The summed E-state index contributed by atoms with van der Waals surface area (Å²) >= 11 is 0. The zero-order chi connectivity index (χ0) is 17.1. The Kier molecular flexibility index (Phi) is 4.07. The Morgan fingerprint density at radius 3 is 2.46 bits per heavy atom. The maximum atomic E-state index is 11.8. The Labute approximate surface area is 136 Å². The van der Waals surface area contributed by atoms with Crippen molar-refractivity contribution < 1.29 is 23.9 Å². The molecule has 0 fully saturated rings. The molecule has 0 aromatic heterocycles. The molecule has 1 heterocycles. The molecule has 3 amide bonds. The van der Waals surface area contributed by atoms with Gasteiger partial charge in [0, 0.05) is 11.3 Å². The van der Waals surface area contributed by atoms with E-state index in [1.54, 1.807) is 0 Å². The second-order valence-corrected chi connectivity index (χ2v) is 5.06. The Balaban J connectivity index is 1.70. The molecule has 0 atom stereocenters. The minimum Gasteiger partial charge on any atom is -0.444 e. The predicted molar refractivity (Wildman–Crippen MR) is 83.5 cm³/mol. The minimum atomic E-state index is -0.990. The fourth-order valence-corrected chi connectivity index (χ4v) is 2.23. The van der Waals surface area contributed by atoms with E-state index >= 15 is 0 Å². The van der Waals surface area contributed by atoms with Crippen LogP contribution in [-0.4, -0.2) is 23.7 Å². The lowest BCUT2D eigenvalue weighted by molar-refractivity contribution is -0.116. The second-order valence-electron chi connectivity index (χ2n) is 5.06. The third-order valence-electron chi connectivity index (χ3n) is 3.40. The van der Waals surface area contributed by atoms with Gasteiger partial charge in [0.25, 0.3) is 17.6 Å². The van der Waals surface area contributed by atoms with Gasteiger partial charge in [-0.05, 0) is 23.8 Å². The van der Waals surface area contributed by atoms with E-state index in [0.29, 0.717) is 0 Å². The van der Waals surface area contributed by atoms with E-state index in [1.165, 1.54) is 18.2 Å². The van der Waals surface area contributed by atoms with Crippen molar-refractivity contribution in [1.82, 2.24) is 5.32 Å². The molecule has 24 heavy (non-hydrogen) atoms. The largest absolute Gasteiger partial charge is 0.444 e. The molecule has 0 unspecified atom stereocenters. The number of carbonyl (C=O) groups is 4. The van der Waals surface area contributed by atoms with Crippen molar-refractivity contribution >= 4 is 29.4 Å². The number of nitrogens with one attached hydrogen (secondary N) is 2. The van der Waals surface area contributed by atoms with Gasteiger partial charge in [-0.3, -0.25) is 25.0 Å². The number of imide groups is 1. The number of Topliss-reactive ketones (excluding diaryl/α,β-unsaturated/α-hetero) is 1. The number of rotatable bonds is 3. The Hall–Kier alpha value is -3.48. The quantitative estimate of drug-likeness (QED) is 0.663. The third-order valence-corrected chi connectivity index (χ3v) is 3.40. The first-order valence-corrected chi connectivity index (χ1v) is 7.06. The predicted octanol–water partition coefficient (Wildman–Crippen LogP) is 1.89. The summed E-state index contributed by atoms with van der Waals surface area (Å²) in [5.74, 6) is -2.46. The molecule has 0 saturated heterocycles. The molecule has 120 valence electrons. The number of ether oxygens (including phenoxy) is 1. The summed E-state index contributed by atoms with van der Waals surface area (Å²) in [6.07, 6.45) is -0.710. The van der Waals surface area contributed by atoms with Crippen LogP contribution < -0.4 is 10.6 Å². The molecule has 7 nitrogen and oxygen atoms in total. The van der Waals surface area contributed by atoms with Crippen molar-refractivity contribution in [2.45, 2.75) is 6.61 Å². The van der Waals surface area contributed by atoms with Gasteiger partial charge in [0.05, 0.1) is 5.56 Å². The Morgan fingerprint density at radius 1 is 0.958 bits per heavy atom. The molecule has 2 N–H and O–H groups in total. The lowest BCUT2D eigenvalue weighted by Gasteiger charge is -2.15. The molecule has 0 saturated carbocycles. The Bertz CT molecular complexity index is 845. The standard InChI is InChI=1S/C17H12N2O5/c20-14-13-8-11(6-7-12(13)15(21)19-16(14)22)18-17(23)24-9-10-4-2-1-3-5-10/h1-8H,9H2,(H,18,23)(H,19,21,22). The van der Waals surface area contributed by atoms with Gasteiger partial charge in [-0.2, -0.15) is 0 Å². The summed E-state index contributed by atoms with van der Waals surface area (Å²) in [6, 6.07) is 13.2. The molecule has 0 radical (unpaired) electrons. The van der Waals surface area contributed by atoms with Crippen molar-refractivity contribution in [2.75, 3.05) is 5.32 Å². The number of hydrogen-bond acceptors (Lipinski definition) is 5. The maximum Gasteiger partial charge on any atom is 0.411 e. The summed E-state index contributed by atoms with van der Waals surface area (Å²) in [7, 11) is 0. The van der Waals surface area contributed by atoms with Crippen LogP contribution in [0.2, 0.25) is 0 Å². The third kappa shape index (κ3) is 3.14. The SMILES string of the molecule is O=C(Nc1ccc2c(c1)C(=O)C(=O)NC2=O)OCc1ccccc1. The highest BCUT2D eigenvalue weighted by molar-refractivity contribution is 6.49. The zero-order valence-corrected chi connectivity index (χ0v) is 12.4. The van der Waals surface area contributed by atoms with E-state index in [0.717, 1.165) is 5.56 Å². The first-order valence-electron chi connectivity index (χ1n) is 7.06. The fraction of sp³-hybridized carbons (Fsp3) is 0.0588. The number of fused-ring (bicyclic) bond motifs is 1. The highest BCUT2D eigenvalue weighted by Crippen LogP contribution is 2.20. The van der Waals surface area contributed by atoms with Crippen LogP contribution in [0.3, 0.4) is 0 Å². The first kappa shape index (κ1) is 15.4. The molecule has 2 aromatic rings. The monoisotopic (exact) mass is 324 g/mol. The van der Waals surface area contributed by atoms with Gasteiger partial charge in [-0.25, -0.2) is 4.79 Å². The van der Waals surface area contributed by atoms with E-state index in [2.05, 4.69) is 5.32 Å². The molecule has 7 heteroatoms. The molecule has 0 aliphatic carbocycles. The minimum absolute atomic E-state index is 0.0513. The zero-order valence-electron chi connectivity index (χ0n) is 12.4. The molecular formula is C17H12N2O5. The summed E-state index contributed by atoms with van der Waals surface area (Å²) in [5.41, 5.74) is 1.12. The smallest absolute Gasteiger partial charge is 0.411 e. The van der Waals surface area contributed by atoms with E-state index < -0.39 is 23.7 Å². The van der Waals surface area contributed by atoms with Crippen LogP contribution in [0.15, 0.2) is 48.5 Å². The highest BCUT2D eigenvalue weighted by Gasteiger charge is 2.30. The fourth-order valence-electron chi connectivity index (χ4n) is 2.23. The Morgan fingerprint density at radius 2 is 1.71 bits per heavy atom. The van der Waals surface area contributed by atoms with Gasteiger partial charge in [0.1, 0.15) is 6.61 Å². The average Bonchev–Trinajstić information content (AvgIpc) is 2.59. The van der Waals surface area contributed by atoms with Crippen molar-refractivity contribution in [3.8, 4) is 0 Å². The maximum absolute atomic E-state index is 11.8. The summed E-state index contributed by atoms with van der Waals surface area (Å²) < 4.78 is 5.06. The lowest BCUT2D eigenvalue weighted by atomic mass is 9.98. The van der Waals surface area contributed by atoms with Gasteiger partial charge in [0.15, 0.2) is 0 Å². The second kappa shape index (κ2) is 6.33. The number of anilines is 1. The molecule has 2 aromatic carbocycles. The van der Waals surface area contributed by atoms with E-state index in [-0.39, 0.29) is 23.4 Å². The van der Waals surface area contributed by atoms with E-state index in [1.807, 2.05) is 35.6 Å². The van der Waals surface area contributed by atoms with Gasteiger partial charge < -0.3 is 4.74 Å². The normalized spacial score (nSPS) is 13.1. The summed E-state index contributed by atoms with van der Waals surface area (Å²) in [6.45, 7) is 0.0947. The molecule has 0 spiro atoms. The van der Waals surface area contributed by atoms with Crippen LogP contribution in [-0.2, 0) is 16.1 Å². The van der Waals surface area contributed by atoms with Crippen LogP contribution in [0.25, 0.3) is 0 Å². The molecule has 0 bridgehead atoms. The molecule has 1 aliphatic heterocycles. The lowest BCUT2D eigenvalue weighted by Crippen LogP contribution is -2.42. The average molecular weight is 324 g/mol. The molecular weight excluding hydrogens is 312 g/mol. The van der Waals surface area contributed by atoms with Crippen LogP contribution in [0, 0.1) is 0 Å². The number of amides is 3. The van der Waals surface area contributed by atoms with E-state index in [4.69, 9.17) is 4.74 Å². The summed E-state index contributed by atoms with van der Waals surface area (Å²) in [4.78, 5) is 46.6. The highest BCUT2D eigenvalue weighted by atomic mass is 16.5.